The predicted molar refractivity (Wildman–Crippen MR) is 110 cm³/mol. The van der Waals surface area contributed by atoms with Crippen LogP contribution >= 0.6 is 0 Å². The molecule has 0 aromatic carbocycles. The van der Waals surface area contributed by atoms with Crippen LogP contribution in [0.25, 0.3) is 0 Å². The minimum atomic E-state index is -1.70. The van der Waals surface area contributed by atoms with E-state index in [4.69, 9.17) is 9.47 Å². The first-order valence-corrected chi connectivity index (χ1v) is 21.6. The molecule has 0 aliphatic heterocycles. The van der Waals surface area contributed by atoms with Crippen LogP contribution < -0.4 is 0 Å². The zero-order valence-electron chi connectivity index (χ0n) is 16.8. The summed E-state index contributed by atoms with van der Waals surface area (Å²) in [6.07, 6.45) is 8.47. The Kier molecular flexibility index (Phi) is 9.13. The SMILES string of the molecule is C=CC[Si](C)(C)C1=[C]([Pt]([CH3])([CH3])[CH3])CC=C1CCC[SiH2]C(OC)OC. The van der Waals surface area contributed by atoms with Crippen molar-refractivity contribution in [2.75, 3.05) is 14.2 Å². The molecule has 24 heavy (non-hydrogen) atoms. The normalized spacial score (nSPS) is 17.2. The van der Waals surface area contributed by atoms with E-state index in [1.54, 1.807) is 19.8 Å². The zero-order chi connectivity index (χ0) is 18.4. The van der Waals surface area contributed by atoms with E-state index in [1.807, 2.05) is 9.16 Å². The molecule has 2 nitrogen and oxygen atoms in total. The van der Waals surface area contributed by atoms with Crippen LogP contribution in [-0.4, -0.2) is 37.7 Å². The maximum atomic E-state index is 5.36. The first kappa shape index (κ1) is 22.3. The van der Waals surface area contributed by atoms with Crippen LogP contribution in [0.2, 0.25) is 41.1 Å². The van der Waals surface area contributed by atoms with Crippen molar-refractivity contribution in [3.8, 4) is 0 Å². The van der Waals surface area contributed by atoms with Crippen molar-refractivity contribution < 1.29 is 25.5 Å². The molecule has 5 heteroatoms. The van der Waals surface area contributed by atoms with Crippen LogP contribution in [0.15, 0.2) is 33.5 Å². The molecule has 0 fully saturated rings. The molecule has 0 atom stereocenters. The Morgan fingerprint density at radius 1 is 1.29 bits per heavy atom. The summed E-state index contributed by atoms with van der Waals surface area (Å²) in [6, 6.07) is 2.50. The third kappa shape index (κ3) is 6.21. The predicted octanol–water partition coefficient (Wildman–Crippen LogP) is 5.25. The van der Waals surface area contributed by atoms with Crippen LogP contribution in [0.4, 0.5) is 0 Å². The molecule has 1 aliphatic carbocycles. The molecule has 1 rings (SSSR count). The molecule has 0 radical (unpaired) electrons. The summed E-state index contributed by atoms with van der Waals surface area (Å²) >= 11 is -1.70. The second-order valence-corrected chi connectivity index (χ2v) is 25.8. The van der Waals surface area contributed by atoms with Crippen molar-refractivity contribution in [2.24, 2.45) is 0 Å². The third-order valence-corrected chi connectivity index (χ3v) is 15.7. The van der Waals surface area contributed by atoms with Crippen molar-refractivity contribution in [1.29, 1.82) is 0 Å². The summed E-state index contributed by atoms with van der Waals surface area (Å²) in [5.41, 5.74) is 1.68. The molecule has 1 aliphatic rings. The summed E-state index contributed by atoms with van der Waals surface area (Å²) in [5, 5.41) is 9.47. The fourth-order valence-electron chi connectivity index (χ4n) is 3.44. The van der Waals surface area contributed by atoms with E-state index in [0.29, 0.717) is 0 Å². The van der Waals surface area contributed by atoms with E-state index in [2.05, 4.69) is 47.8 Å². The number of rotatable bonds is 11. The molecular formula is C19H38O2PtSi2. The average Bonchev–Trinajstić information content (AvgIpc) is 2.92. The summed E-state index contributed by atoms with van der Waals surface area (Å²) in [4.78, 5) is 0. The van der Waals surface area contributed by atoms with E-state index >= 15 is 0 Å². The van der Waals surface area contributed by atoms with Crippen LogP contribution in [0.3, 0.4) is 0 Å². The van der Waals surface area contributed by atoms with Crippen LogP contribution in [0, 0.1) is 0 Å². The Labute approximate surface area is 156 Å². The first-order chi connectivity index (χ1) is 11.2. The average molecular weight is 550 g/mol. The van der Waals surface area contributed by atoms with Gasteiger partial charge >= 0.3 is 157 Å². The van der Waals surface area contributed by atoms with Crippen LogP contribution in [0.5, 0.6) is 0 Å². The van der Waals surface area contributed by atoms with Crippen molar-refractivity contribution in [2.45, 2.75) is 66.3 Å². The van der Waals surface area contributed by atoms with Gasteiger partial charge in [0.25, 0.3) is 0 Å². The van der Waals surface area contributed by atoms with Gasteiger partial charge in [0.15, 0.2) is 0 Å². The molecular weight excluding hydrogens is 511 g/mol. The van der Waals surface area contributed by atoms with Gasteiger partial charge in [0.2, 0.25) is 0 Å². The Morgan fingerprint density at radius 2 is 1.92 bits per heavy atom. The number of methoxy groups -OCH3 is 2. The minimum absolute atomic E-state index is 0.0870. The molecule has 0 amide bonds. The summed E-state index contributed by atoms with van der Waals surface area (Å²) in [5.74, 6) is 0.0870. The maximum absolute atomic E-state index is 5.36. The molecule has 0 spiro atoms. The van der Waals surface area contributed by atoms with Crippen molar-refractivity contribution in [3.05, 3.63) is 33.5 Å². The molecule has 144 valence electrons. The van der Waals surface area contributed by atoms with Gasteiger partial charge in [-0.05, 0) is 0 Å². The molecule has 0 saturated carbocycles. The van der Waals surface area contributed by atoms with Gasteiger partial charge in [-0.15, -0.1) is 0 Å². The Morgan fingerprint density at radius 3 is 2.42 bits per heavy atom. The summed E-state index contributed by atoms with van der Waals surface area (Å²) in [7, 11) is 1.82. The third-order valence-electron chi connectivity index (χ3n) is 4.66. The number of hydrogen-bond acceptors (Lipinski definition) is 2. The van der Waals surface area contributed by atoms with E-state index < -0.39 is 24.1 Å². The van der Waals surface area contributed by atoms with Gasteiger partial charge in [0.05, 0.1) is 0 Å². The summed E-state index contributed by atoms with van der Waals surface area (Å²) < 4.78 is 12.6. The molecule has 0 unspecified atom stereocenters. The second-order valence-electron chi connectivity index (χ2n) is 7.62. The van der Waals surface area contributed by atoms with Crippen molar-refractivity contribution >= 4 is 17.6 Å². The first-order valence-electron chi connectivity index (χ1n) is 8.63. The zero-order valence-corrected chi connectivity index (χ0v) is 21.5. The molecule has 0 aromatic rings. The quantitative estimate of drug-likeness (QED) is 0.152. The molecule has 0 saturated heterocycles. The van der Waals surface area contributed by atoms with Crippen LogP contribution in [0.1, 0.15) is 19.3 Å². The van der Waals surface area contributed by atoms with E-state index in [0.717, 1.165) is 0 Å². The number of allylic oxidation sites excluding steroid dienone is 5. The second kappa shape index (κ2) is 9.82. The van der Waals surface area contributed by atoms with Gasteiger partial charge in [-0.3, -0.25) is 0 Å². The molecule has 0 bridgehead atoms. The summed E-state index contributed by atoms with van der Waals surface area (Å²) in [6.45, 7) is 9.11. The van der Waals surface area contributed by atoms with Gasteiger partial charge in [0.1, 0.15) is 0 Å². The topological polar surface area (TPSA) is 18.5 Å². The molecule has 0 N–H and O–H groups in total. The Hall–Kier alpha value is 0.262. The van der Waals surface area contributed by atoms with Crippen molar-refractivity contribution in [3.63, 3.8) is 0 Å². The Balaban J connectivity index is 2.83. The van der Waals surface area contributed by atoms with Gasteiger partial charge < -0.3 is 0 Å². The van der Waals surface area contributed by atoms with Crippen LogP contribution in [-0.2, 0) is 25.5 Å². The molecule has 0 aromatic heterocycles. The fourth-order valence-corrected chi connectivity index (χ4v) is 15.5. The van der Waals surface area contributed by atoms with Gasteiger partial charge in [-0.2, -0.15) is 0 Å². The molecule has 0 heterocycles. The van der Waals surface area contributed by atoms with E-state index in [-0.39, 0.29) is 15.4 Å². The number of ether oxygens (including phenoxy) is 2. The monoisotopic (exact) mass is 549 g/mol. The van der Waals surface area contributed by atoms with Gasteiger partial charge in [-0.25, -0.2) is 0 Å². The number of hydrogen-bond donors (Lipinski definition) is 0. The fraction of sp³-hybridized carbons (Fsp3) is 0.684. The standard InChI is InChI=1S/C16H29O2Si2.3CH3.Pt/c1-6-13-20(4,5)15-11-7-9-14(15)10-8-12-19-16(17-2)18-3;;;;/h6,9,16H,1,7-8,10,12-13,19H2,2-5H3;3*1H3;. The van der Waals surface area contributed by atoms with Crippen molar-refractivity contribution in [1.82, 2.24) is 0 Å². The van der Waals surface area contributed by atoms with Gasteiger partial charge in [0, 0.05) is 0 Å². The van der Waals surface area contributed by atoms with Gasteiger partial charge in [-0.1, -0.05) is 0 Å². The van der Waals surface area contributed by atoms with E-state index in [9.17, 15) is 0 Å². The van der Waals surface area contributed by atoms with E-state index in [1.165, 1.54) is 31.4 Å². The Bertz CT molecular complexity index is 486.